The van der Waals surface area contributed by atoms with Gasteiger partial charge in [0.05, 0.1) is 10.5 Å². The van der Waals surface area contributed by atoms with E-state index in [1.165, 1.54) is 28.6 Å². The highest BCUT2D eigenvalue weighted by molar-refractivity contribution is 7.89. The molecule has 0 N–H and O–H groups in total. The Morgan fingerprint density at radius 3 is 1.78 bits per heavy atom. The van der Waals surface area contributed by atoms with Crippen molar-refractivity contribution in [3.63, 3.8) is 0 Å². The number of benzene rings is 3. The average molecular weight is 506 g/mol. The summed E-state index contributed by atoms with van der Waals surface area (Å²) < 4.78 is 33.3. The van der Waals surface area contributed by atoms with Gasteiger partial charge in [-0.1, -0.05) is 72.5 Å². The molecule has 1 saturated heterocycles. The Hall–Kier alpha value is -3.29. The van der Waals surface area contributed by atoms with Gasteiger partial charge >= 0.3 is 5.97 Å². The van der Waals surface area contributed by atoms with Crippen LogP contribution in [0.4, 0.5) is 0 Å². The quantitative estimate of drug-likeness (QED) is 0.306. The van der Waals surface area contributed by atoms with E-state index < -0.39 is 22.1 Å². The number of Topliss-reactive ketones (excluding diaryl/α,β-unsaturated/α-hetero) is 1. The van der Waals surface area contributed by atoms with Gasteiger partial charge in [-0.15, -0.1) is 0 Å². The molecular formula is C29H31NO5S. The van der Waals surface area contributed by atoms with Gasteiger partial charge in [0.15, 0.2) is 6.10 Å². The van der Waals surface area contributed by atoms with E-state index in [-0.39, 0.29) is 16.2 Å². The third kappa shape index (κ3) is 5.91. The smallest absolute Gasteiger partial charge is 0.339 e. The number of carbonyl (C=O) groups is 2. The fourth-order valence-corrected chi connectivity index (χ4v) is 5.77. The number of ketones is 1. The zero-order chi connectivity index (χ0) is 25.7. The van der Waals surface area contributed by atoms with Gasteiger partial charge in [0.25, 0.3) is 0 Å². The van der Waals surface area contributed by atoms with Crippen molar-refractivity contribution in [2.75, 3.05) is 13.1 Å². The lowest BCUT2D eigenvalue weighted by Gasteiger charge is -2.20. The summed E-state index contributed by atoms with van der Waals surface area (Å²) in [5.74, 6) is -1.02. The minimum Gasteiger partial charge on any atom is -0.445 e. The van der Waals surface area contributed by atoms with Gasteiger partial charge < -0.3 is 4.74 Å². The van der Waals surface area contributed by atoms with Crippen LogP contribution in [-0.4, -0.2) is 37.6 Å². The second-order valence-corrected chi connectivity index (χ2v) is 11.2. The van der Waals surface area contributed by atoms with Crippen LogP contribution in [0, 0.1) is 13.8 Å². The minimum absolute atomic E-state index is 0.145. The van der Waals surface area contributed by atoms with Crippen molar-refractivity contribution in [1.82, 2.24) is 4.31 Å². The maximum atomic E-state index is 13.3. The number of sulfonamides is 1. The average Bonchev–Trinajstić information content (AvgIpc) is 3.18. The summed E-state index contributed by atoms with van der Waals surface area (Å²) in [7, 11) is -3.62. The molecule has 6 nitrogen and oxygen atoms in total. The molecule has 7 heteroatoms. The predicted octanol–water partition coefficient (Wildman–Crippen LogP) is 5.65. The molecule has 1 aliphatic rings. The summed E-state index contributed by atoms with van der Waals surface area (Å²) in [6.45, 7) is 4.88. The molecule has 0 aromatic heterocycles. The molecule has 0 amide bonds. The SMILES string of the molecule is Cc1ccc(C(=O)[C@H](OC(=O)c2ccc(S(=O)(=O)N3CCCCCC3)cc2)c2ccc(C)cc2)cc1. The zero-order valence-electron chi connectivity index (χ0n) is 20.6. The van der Waals surface area contributed by atoms with E-state index in [4.69, 9.17) is 4.74 Å². The van der Waals surface area contributed by atoms with Crippen LogP contribution in [-0.2, 0) is 14.8 Å². The van der Waals surface area contributed by atoms with E-state index in [1.807, 2.05) is 38.1 Å². The minimum atomic E-state index is -3.62. The molecule has 0 aliphatic carbocycles. The third-order valence-electron chi connectivity index (χ3n) is 6.47. The molecule has 1 atom stereocenters. The Morgan fingerprint density at radius 1 is 0.722 bits per heavy atom. The number of hydrogen-bond acceptors (Lipinski definition) is 5. The van der Waals surface area contributed by atoms with Gasteiger partial charge in [0, 0.05) is 24.2 Å². The van der Waals surface area contributed by atoms with Gasteiger partial charge in [-0.25, -0.2) is 13.2 Å². The number of rotatable bonds is 7. The molecule has 1 aliphatic heterocycles. The Morgan fingerprint density at radius 2 is 1.22 bits per heavy atom. The number of carbonyl (C=O) groups excluding carboxylic acids is 2. The summed E-state index contributed by atoms with van der Waals surface area (Å²) in [5, 5.41) is 0. The summed E-state index contributed by atoms with van der Waals surface area (Å²) in [6, 6.07) is 20.1. The molecular weight excluding hydrogens is 474 g/mol. The van der Waals surface area contributed by atoms with Crippen molar-refractivity contribution in [1.29, 1.82) is 0 Å². The maximum Gasteiger partial charge on any atom is 0.339 e. The van der Waals surface area contributed by atoms with Crippen molar-refractivity contribution >= 4 is 21.8 Å². The molecule has 0 unspecified atom stereocenters. The molecule has 4 rings (SSSR count). The molecule has 188 valence electrons. The standard InChI is InChI=1S/C29H31NO5S/c1-21-7-11-23(12-8-21)27(31)28(24-13-9-22(2)10-14-24)35-29(32)25-15-17-26(18-16-25)36(33,34)30-19-5-3-4-6-20-30/h7-18,28H,3-6,19-20H2,1-2H3/t28-/m1/s1. The highest BCUT2D eigenvalue weighted by atomic mass is 32.2. The second kappa shape index (κ2) is 11.2. The van der Waals surface area contributed by atoms with Crippen molar-refractivity contribution in [2.45, 2.75) is 50.5 Å². The Labute approximate surface area is 213 Å². The van der Waals surface area contributed by atoms with Crippen LogP contribution >= 0.6 is 0 Å². The Balaban J connectivity index is 1.56. The van der Waals surface area contributed by atoms with Gasteiger partial charge in [-0.05, 0) is 51.0 Å². The maximum absolute atomic E-state index is 13.3. The zero-order valence-corrected chi connectivity index (χ0v) is 21.5. The Bertz CT molecular complexity index is 1310. The fraction of sp³-hybridized carbons (Fsp3) is 0.310. The highest BCUT2D eigenvalue weighted by Gasteiger charge is 2.28. The number of hydrogen-bond donors (Lipinski definition) is 0. The molecule has 0 radical (unpaired) electrons. The molecule has 0 saturated carbocycles. The largest absolute Gasteiger partial charge is 0.445 e. The van der Waals surface area contributed by atoms with Crippen LogP contribution in [0.5, 0.6) is 0 Å². The number of aryl methyl sites for hydroxylation is 2. The lowest BCUT2D eigenvalue weighted by molar-refractivity contribution is 0.0280. The van der Waals surface area contributed by atoms with Crippen LogP contribution in [0.15, 0.2) is 77.7 Å². The van der Waals surface area contributed by atoms with Crippen LogP contribution in [0.25, 0.3) is 0 Å². The first-order chi connectivity index (χ1) is 17.3. The summed E-state index contributed by atoms with van der Waals surface area (Å²) in [5.41, 5.74) is 3.23. The molecule has 3 aromatic carbocycles. The molecule has 1 heterocycles. The van der Waals surface area contributed by atoms with E-state index in [1.54, 1.807) is 24.3 Å². The van der Waals surface area contributed by atoms with Crippen molar-refractivity contribution in [3.8, 4) is 0 Å². The normalized spacial score (nSPS) is 15.6. The molecule has 3 aromatic rings. The lowest BCUT2D eigenvalue weighted by atomic mass is 9.98. The van der Waals surface area contributed by atoms with Crippen molar-refractivity contribution in [3.05, 3.63) is 101 Å². The van der Waals surface area contributed by atoms with Crippen LogP contribution < -0.4 is 0 Å². The van der Waals surface area contributed by atoms with E-state index in [9.17, 15) is 18.0 Å². The van der Waals surface area contributed by atoms with Crippen LogP contribution in [0.3, 0.4) is 0 Å². The van der Waals surface area contributed by atoms with Gasteiger partial charge in [0.1, 0.15) is 0 Å². The van der Waals surface area contributed by atoms with Gasteiger partial charge in [-0.2, -0.15) is 4.31 Å². The highest BCUT2D eigenvalue weighted by Crippen LogP contribution is 2.26. The first-order valence-corrected chi connectivity index (χ1v) is 13.7. The number of nitrogens with zero attached hydrogens (tertiary/aromatic N) is 1. The monoisotopic (exact) mass is 505 g/mol. The summed E-state index contributed by atoms with van der Waals surface area (Å²) >= 11 is 0. The summed E-state index contributed by atoms with van der Waals surface area (Å²) in [6.07, 6.45) is 2.62. The van der Waals surface area contributed by atoms with Crippen molar-refractivity contribution in [2.24, 2.45) is 0 Å². The molecule has 1 fully saturated rings. The number of esters is 1. The van der Waals surface area contributed by atoms with E-state index >= 15 is 0 Å². The fourth-order valence-electron chi connectivity index (χ4n) is 4.25. The Kier molecular flexibility index (Phi) is 8.01. The molecule has 0 bridgehead atoms. The lowest BCUT2D eigenvalue weighted by Crippen LogP contribution is -2.31. The van der Waals surface area contributed by atoms with E-state index in [0.717, 1.165) is 36.8 Å². The topological polar surface area (TPSA) is 80.8 Å². The van der Waals surface area contributed by atoms with Crippen molar-refractivity contribution < 1.29 is 22.7 Å². The van der Waals surface area contributed by atoms with E-state index in [0.29, 0.717) is 24.2 Å². The van der Waals surface area contributed by atoms with Crippen LogP contribution in [0.2, 0.25) is 0 Å². The first-order valence-electron chi connectivity index (χ1n) is 12.2. The number of ether oxygens (including phenoxy) is 1. The summed E-state index contributed by atoms with van der Waals surface area (Å²) in [4.78, 5) is 26.5. The van der Waals surface area contributed by atoms with Gasteiger partial charge in [-0.3, -0.25) is 4.79 Å². The molecule has 36 heavy (non-hydrogen) atoms. The second-order valence-electron chi connectivity index (χ2n) is 9.27. The van der Waals surface area contributed by atoms with E-state index in [2.05, 4.69) is 0 Å². The predicted molar refractivity (Wildman–Crippen MR) is 139 cm³/mol. The third-order valence-corrected chi connectivity index (χ3v) is 8.38. The van der Waals surface area contributed by atoms with Gasteiger partial charge in [0.2, 0.25) is 15.8 Å². The van der Waals surface area contributed by atoms with Crippen LogP contribution in [0.1, 0.15) is 69.2 Å². The first kappa shape index (κ1) is 25.8. The molecule has 0 spiro atoms.